The van der Waals surface area contributed by atoms with E-state index in [1.54, 1.807) is 18.5 Å². The van der Waals surface area contributed by atoms with Gasteiger partial charge in [0.15, 0.2) is 0 Å². The van der Waals surface area contributed by atoms with Gasteiger partial charge in [-0.05, 0) is 47.7 Å². The van der Waals surface area contributed by atoms with E-state index in [0.717, 1.165) is 36.5 Å². The van der Waals surface area contributed by atoms with Gasteiger partial charge >= 0.3 is 0 Å². The molecule has 4 aromatic rings. The Morgan fingerprint density at radius 1 is 0.853 bits per heavy atom. The Morgan fingerprint density at radius 2 is 1.62 bits per heavy atom. The number of benzene rings is 2. The Kier molecular flexibility index (Phi) is 6.57. The van der Waals surface area contributed by atoms with Crippen LogP contribution in [-0.2, 0) is 0 Å². The van der Waals surface area contributed by atoms with Crippen molar-refractivity contribution in [2.24, 2.45) is 0 Å². The van der Waals surface area contributed by atoms with Crippen LogP contribution in [0.25, 0.3) is 12.2 Å². The van der Waals surface area contributed by atoms with E-state index in [1.807, 2.05) is 60.7 Å². The van der Waals surface area contributed by atoms with Crippen molar-refractivity contribution in [2.45, 2.75) is 18.8 Å². The minimum absolute atomic E-state index is 0.110. The van der Waals surface area contributed by atoms with E-state index in [9.17, 15) is 4.79 Å². The molecule has 2 aromatic carbocycles. The van der Waals surface area contributed by atoms with Gasteiger partial charge in [-0.15, -0.1) is 0 Å². The summed E-state index contributed by atoms with van der Waals surface area (Å²) >= 11 is 0. The zero-order valence-electron chi connectivity index (χ0n) is 19.0. The van der Waals surface area contributed by atoms with Crippen molar-refractivity contribution >= 4 is 23.8 Å². The van der Waals surface area contributed by atoms with E-state index >= 15 is 0 Å². The number of rotatable bonds is 6. The smallest absolute Gasteiger partial charge is 0.212 e. The summed E-state index contributed by atoms with van der Waals surface area (Å²) in [7, 11) is 0. The van der Waals surface area contributed by atoms with Gasteiger partial charge in [-0.3, -0.25) is 9.78 Å². The van der Waals surface area contributed by atoms with Gasteiger partial charge < -0.3 is 4.90 Å². The minimum atomic E-state index is -0.110. The number of ketones is 1. The molecule has 1 aliphatic heterocycles. The Bertz CT molecular complexity index is 1280. The molecule has 1 saturated heterocycles. The van der Waals surface area contributed by atoms with E-state index in [4.69, 9.17) is 4.98 Å². The zero-order chi connectivity index (χ0) is 23.2. The summed E-state index contributed by atoms with van der Waals surface area (Å²) in [5.74, 6) is 1.23. The van der Waals surface area contributed by atoms with Gasteiger partial charge in [0.25, 0.3) is 0 Å². The van der Waals surface area contributed by atoms with Crippen LogP contribution in [0.15, 0.2) is 97.3 Å². The Labute approximate surface area is 200 Å². The van der Waals surface area contributed by atoms with Gasteiger partial charge in [-0.2, -0.15) is 0 Å². The Balaban J connectivity index is 1.33. The molecule has 3 heterocycles. The maximum absolute atomic E-state index is 13.2. The van der Waals surface area contributed by atoms with Crippen LogP contribution in [-0.4, -0.2) is 28.8 Å². The predicted molar refractivity (Wildman–Crippen MR) is 138 cm³/mol. The third kappa shape index (κ3) is 5.12. The number of piperidine rings is 1. The van der Waals surface area contributed by atoms with Gasteiger partial charge in [-0.25, -0.2) is 4.98 Å². The second kappa shape index (κ2) is 10.3. The lowest BCUT2D eigenvalue weighted by molar-refractivity contribution is 0.103. The maximum Gasteiger partial charge on any atom is 0.212 e. The molecule has 1 aliphatic rings. The van der Waals surface area contributed by atoms with Crippen molar-refractivity contribution in [3.05, 3.63) is 125 Å². The lowest BCUT2D eigenvalue weighted by Gasteiger charge is -2.34. The number of nitrogens with zero attached hydrogens (tertiary/aromatic N) is 3. The number of aromatic nitrogens is 2. The molecule has 0 saturated carbocycles. The predicted octanol–water partition coefficient (Wildman–Crippen LogP) is 6.26. The van der Waals surface area contributed by atoms with Crippen molar-refractivity contribution in [3.8, 4) is 0 Å². The first-order valence-electron chi connectivity index (χ1n) is 11.8. The fourth-order valence-corrected chi connectivity index (χ4v) is 4.49. The van der Waals surface area contributed by atoms with Gasteiger partial charge in [0, 0.05) is 37.0 Å². The lowest BCUT2D eigenvalue weighted by atomic mass is 9.91. The molecule has 2 aromatic heterocycles. The minimum Gasteiger partial charge on any atom is -0.356 e. The Morgan fingerprint density at radius 3 is 2.44 bits per heavy atom. The molecular formula is C30H27N3O. The molecule has 1 unspecified atom stereocenters. The molecule has 0 amide bonds. The largest absolute Gasteiger partial charge is 0.356 e. The first-order valence-corrected chi connectivity index (χ1v) is 11.8. The number of pyridine rings is 2. The summed E-state index contributed by atoms with van der Waals surface area (Å²) in [6.07, 6.45) is 9.65. The summed E-state index contributed by atoms with van der Waals surface area (Å²) in [5, 5.41) is 0. The summed E-state index contributed by atoms with van der Waals surface area (Å²) in [6, 6.07) is 28.3. The number of hydrogen-bond acceptors (Lipinski definition) is 4. The van der Waals surface area contributed by atoms with Gasteiger partial charge in [0.2, 0.25) is 5.78 Å². The molecule has 5 rings (SSSR count). The average Bonchev–Trinajstić information content (AvgIpc) is 2.93. The van der Waals surface area contributed by atoms with Crippen molar-refractivity contribution in [1.82, 2.24) is 9.97 Å². The second-order valence-electron chi connectivity index (χ2n) is 8.66. The third-order valence-corrected chi connectivity index (χ3v) is 6.27. The van der Waals surface area contributed by atoms with Crippen LogP contribution >= 0.6 is 0 Å². The second-order valence-corrected chi connectivity index (χ2v) is 8.66. The molecule has 0 spiro atoms. The fourth-order valence-electron chi connectivity index (χ4n) is 4.49. The highest BCUT2D eigenvalue weighted by Gasteiger charge is 2.23. The molecule has 1 atom stereocenters. The number of carbonyl (C=O) groups is 1. The molecular weight excluding hydrogens is 418 g/mol. The summed E-state index contributed by atoms with van der Waals surface area (Å²) < 4.78 is 0. The average molecular weight is 446 g/mol. The van der Waals surface area contributed by atoms with E-state index < -0.39 is 0 Å². The lowest BCUT2D eigenvalue weighted by Crippen LogP contribution is -2.35. The van der Waals surface area contributed by atoms with Crippen molar-refractivity contribution in [2.75, 3.05) is 18.0 Å². The molecule has 0 radical (unpaired) electrons. The molecule has 4 heteroatoms. The monoisotopic (exact) mass is 445 g/mol. The first kappa shape index (κ1) is 21.8. The molecule has 0 bridgehead atoms. The maximum atomic E-state index is 13.2. The third-order valence-electron chi connectivity index (χ3n) is 6.27. The van der Waals surface area contributed by atoms with E-state index in [2.05, 4.69) is 40.2 Å². The van der Waals surface area contributed by atoms with Crippen LogP contribution in [0.2, 0.25) is 0 Å². The zero-order valence-corrected chi connectivity index (χ0v) is 19.0. The summed E-state index contributed by atoms with van der Waals surface area (Å²) in [6.45, 7) is 1.87. The van der Waals surface area contributed by atoms with Crippen LogP contribution in [0.5, 0.6) is 0 Å². The fraction of sp³-hybridized carbons (Fsp3) is 0.167. The van der Waals surface area contributed by atoms with Gasteiger partial charge in [-0.1, -0.05) is 78.9 Å². The molecule has 4 nitrogen and oxygen atoms in total. The highest BCUT2D eigenvalue weighted by atomic mass is 16.1. The van der Waals surface area contributed by atoms with Gasteiger partial charge in [0.05, 0.1) is 0 Å². The molecule has 1 fully saturated rings. The standard InChI is InChI=1S/C30H27N3O/c34-30(27-19-24(20-31-21-27)17-16-23-9-3-1-4-10-23)28-14-7-15-29(32-28)33-18-8-13-26(22-33)25-11-5-2-6-12-25/h1-7,9-12,14-17,19-21,26H,8,13,18,22H2/b17-16+. The SMILES string of the molecule is O=C(c1cncc(/C=C/c2ccccc2)c1)c1cccc(N2CCCC(c3ccccc3)C2)n1. The topological polar surface area (TPSA) is 46.1 Å². The van der Waals surface area contributed by atoms with Crippen molar-refractivity contribution < 1.29 is 4.79 Å². The molecule has 168 valence electrons. The van der Waals surface area contributed by atoms with Crippen molar-refractivity contribution in [3.63, 3.8) is 0 Å². The first-order chi connectivity index (χ1) is 16.8. The summed E-state index contributed by atoms with van der Waals surface area (Å²) in [4.78, 5) is 24.6. The molecule has 0 aliphatic carbocycles. The van der Waals surface area contributed by atoms with E-state index in [0.29, 0.717) is 17.2 Å². The number of carbonyl (C=O) groups excluding carboxylic acids is 1. The van der Waals surface area contributed by atoms with Crippen LogP contribution in [0, 0.1) is 0 Å². The van der Waals surface area contributed by atoms with Crippen LogP contribution in [0.1, 0.15) is 51.5 Å². The van der Waals surface area contributed by atoms with Crippen LogP contribution < -0.4 is 4.90 Å². The van der Waals surface area contributed by atoms with Crippen LogP contribution in [0.3, 0.4) is 0 Å². The van der Waals surface area contributed by atoms with Crippen molar-refractivity contribution in [1.29, 1.82) is 0 Å². The Hall–Kier alpha value is -4.05. The van der Waals surface area contributed by atoms with E-state index in [1.165, 1.54) is 12.0 Å². The van der Waals surface area contributed by atoms with Crippen LogP contribution in [0.4, 0.5) is 5.82 Å². The summed E-state index contributed by atoms with van der Waals surface area (Å²) in [5.41, 5.74) is 4.34. The van der Waals surface area contributed by atoms with E-state index in [-0.39, 0.29) is 5.78 Å². The highest BCUT2D eigenvalue weighted by molar-refractivity contribution is 6.08. The quantitative estimate of drug-likeness (QED) is 0.329. The normalized spacial score (nSPS) is 16.0. The number of hydrogen-bond donors (Lipinski definition) is 0. The molecule has 34 heavy (non-hydrogen) atoms. The highest BCUT2D eigenvalue weighted by Crippen LogP contribution is 2.29. The van der Waals surface area contributed by atoms with Gasteiger partial charge in [0.1, 0.15) is 11.5 Å². The molecule has 0 N–H and O–H groups in total. The number of anilines is 1.